The number of nitrogens with one attached hydrogen (secondary N) is 2. The van der Waals surface area contributed by atoms with E-state index in [-0.39, 0.29) is 5.91 Å². The molecule has 0 aliphatic heterocycles. The number of carbonyl (C=O) groups excluding carboxylic acids is 1. The number of hydrogen-bond acceptors (Lipinski definition) is 4. The summed E-state index contributed by atoms with van der Waals surface area (Å²) in [4.78, 5) is 15.8. The second-order valence-electron chi connectivity index (χ2n) is 4.82. The molecule has 1 heterocycles. The molecule has 0 saturated heterocycles. The van der Waals surface area contributed by atoms with Gasteiger partial charge in [-0.3, -0.25) is 4.79 Å². The number of nitrogen functional groups attached to an aromatic ring is 1. The third-order valence-corrected chi connectivity index (χ3v) is 3.23. The number of anilines is 2. The third kappa shape index (κ3) is 4.24. The predicted octanol–water partition coefficient (Wildman–Crippen LogP) is 1.72. The van der Waals surface area contributed by atoms with Crippen LogP contribution in [0.2, 0.25) is 0 Å². The van der Waals surface area contributed by atoms with E-state index >= 15 is 0 Å². The highest BCUT2D eigenvalue weighted by atomic mass is 16.1. The van der Waals surface area contributed by atoms with Crippen molar-refractivity contribution >= 4 is 17.3 Å². The maximum absolute atomic E-state index is 11.8. The van der Waals surface area contributed by atoms with Crippen LogP contribution in [0.1, 0.15) is 23.2 Å². The highest BCUT2D eigenvalue weighted by molar-refractivity contribution is 6.00. The molecule has 112 valence electrons. The van der Waals surface area contributed by atoms with E-state index in [2.05, 4.69) is 20.2 Å². The Kier molecular flexibility index (Phi) is 5.20. The van der Waals surface area contributed by atoms with Crippen molar-refractivity contribution in [2.24, 2.45) is 0 Å². The Morgan fingerprint density at radius 2 is 2.24 bits per heavy atom. The summed E-state index contributed by atoms with van der Waals surface area (Å²) in [5.74, 6) is -0.115. The van der Waals surface area contributed by atoms with Gasteiger partial charge < -0.3 is 20.9 Å². The smallest absolute Gasteiger partial charge is 0.253 e. The van der Waals surface area contributed by atoms with Gasteiger partial charge in [0.2, 0.25) is 0 Å². The van der Waals surface area contributed by atoms with Gasteiger partial charge in [-0.25, -0.2) is 4.98 Å². The minimum Gasteiger partial charge on any atom is -0.399 e. The van der Waals surface area contributed by atoms with E-state index in [1.165, 1.54) is 0 Å². The van der Waals surface area contributed by atoms with E-state index in [9.17, 15) is 4.79 Å². The van der Waals surface area contributed by atoms with Crippen molar-refractivity contribution in [2.45, 2.75) is 19.4 Å². The van der Waals surface area contributed by atoms with Crippen molar-refractivity contribution in [1.29, 1.82) is 0 Å². The number of amides is 1. The summed E-state index contributed by atoms with van der Waals surface area (Å²) in [6.07, 6.45) is 7.59. The number of carbonyl (C=O) groups is 1. The number of aryl methyl sites for hydroxylation is 1. The predicted molar refractivity (Wildman–Crippen MR) is 84.2 cm³/mol. The monoisotopic (exact) mass is 287 g/mol. The van der Waals surface area contributed by atoms with Gasteiger partial charge in [-0.05, 0) is 31.0 Å². The molecule has 0 fully saturated rings. The molecule has 0 aliphatic carbocycles. The SMILES string of the molecule is CNC(=O)c1ccc(N)cc1NCCCCn1ccnc1. The minimum atomic E-state index is -0.115. The standard InChI is InChI=1S/C15H21N5O/c1-17-15(21)13-5-4-12(16)10-14(13)19-6-2-3-8-20-9-7-18-11-20/h4-5,7,9-11,19H,2-3,6,8,16H2,1H3,(H,17,21). The van der Waals surface area contributed by atoms with Crippen molar-refractivity contribution in [3.63, 3.8) is 0 Å². The van der Waals surface area contributed by atoms with Gasteiger partial charge in [0, 0.05) is 43.9 Å². The van der Waals surface area contributed by atoms with Crippen LogP contribution in [0.3, 0.4) is 0 Å². The summed E-state index contributed by atoms with van der Waals surface area (Å²) in [5, 5.41) is 5.91. The molecule has 4 N–H and O–H groups in total. The van der Waals surface area contributed by atoms with Crippen LogP contribution >= 0.6 is 0 Å². The molecule has 6 nitrogen and oxygen atoms in total. The van der Waals surface area contributed by atoms with Crippen LogP contribution in [0, 0.1) is 0 Å². The first-order chi connectivity index (χ1) is 10.2. The summed E-state index contributed by atoms with van der Waals surface area (Å²) >= 11 is 0. The van der Waals surface area contributed by atoms with E-state index in [0.717, 1.165) is 31.6 Å². The first kappa shape index (κ1) is 14.9. The molecule has 21 heavy (non-hydrogen) atoms. The minimum absolute atomic E-state index is 0.115. The molecule has 0 radical (unpaired) electrons. The molecule has 0 atom stereocenters. The Morgan fingerprint density at radius 3 is 2.95 bits per heavy atom. The first-order valence-corrected chi connectivity index (χ1v) is 7.02. The lowest BCUT2D eigenvalue weighted by atomic mass is 10.1. The fraction of sp³-hybridized carbons (Fsp3) is 0.333. The van der Waals surface area contributed by atoms with Gasteiger partial charge in [0.05, 0.1) is 11.9 Å². The van der Waals surface area contributed by atoms with Gasteiger partial charge in [0.25, 0.3) is 5.91 Å². The fourth-order valence-corrected chi connectivity index (χ4v) is 2.10. The molecular weight excluding hydrogens is 266 g/mol. The number of benzene rings is 1. The lowest BCUT2D eigenvalue weighted by Crippen LogP contribution is -2.20. The first-order valence-electron chi connectivity index (χ1n) is 7.02. The average Bonchev–Trinajstić information content (AvgIpc) is 2.99. The van der Waals surface area contributed by atoms with Crippen LogP contribution in [0.15, 0.2) is 36.9 Å². The maximum Gasteiger partial charge on any atom is 0.253 e. The van der Waals surface area contributed by atoms with Crippen molar-refractivity contribution in [3.8, 4) is 0 Å². The van der Waals surface area contributed by atoms with Gasteiger partial charge in [0.15, 0.2) is 0 Å². The van der Waals surface area contributed by atoms with Crippen molar-refractivity contribution in [3.05, 3.63) is 42.5 Å². The number of unbranched alkanes of at least 4 members (excludes halogenated alkanes) is 1. The molecule has 2 rings (SSSR count). The topological polar surface area (TPSA) is 85.0 Å². The lowest BCUT2D eigenvalue weighted by molar-refractivity contribution is 0.0964. The second-order valence-corrected chi connectivity index (χ2v) is 4.82. The fourth-order valence-electron chi connectivity index (χ4n) is 2.10. The Bertz CT molecular complexity index is 580. The van der Waals surface area contributed by atoms with E-state index in [1.807, 2.05) is 12.5 Å². The quantitative estimate of drug-likeness (QED) is 0.534. The van der Waals surface area contributed by atoms with Gasteiger partial charge in [-0.15, -0.1) is 0 Å². The molecule has 0 aliphatic rings. The molecule has 0 bridgehead atoms. The van der Waals surface area contributed by atoms with Crippen LogP contribution < -0.4 is 16.4 Å². The summed E-state index contributed by atoms with van der Waals surface area (Å²) < 4.78 is 2.05. The molecule has 1 aromatic heterocycles. The molecule has 2 aromatic rings. The lowest BCUT2D eigenvalue weighted by Gasteiger charge is -2.12. The van der Waals surface area contributed by atoms with Crippen LogP contribution in [0.4, 0.5) is 11.4 Å². The zero-order valence-electron chi connectivity index (χ0n) is 12.2. The molecule has 1 amide bonds. The summed E-state index contributed by atoms with van der Waals surface area (Å²) in [6, 6.07) is 5.26. The van der Waals surface area contributed by atoms with E-state index in [0.29, 0.717) is 11.3 Å². The zero-order chi connectivity index (χ0) is 15.1. The largest absolute Gasteiger partial charge is 0.399 e. The highest BCUT2D eigenvalue weighted by Gasteiger charge is 2.09. The second kappa shape index (κ2) is 7.33. The van der Waals surface area contributed by atoms with Crippen molar-refractivity contribution in [1.82, 2.24) is 14.9 Å². The summed E-state index contributed by atoms with van der Waals surface area (Å²) in [5.41, 5.74) is 7.81. The Labute approximate surface area is 124 Å². The Morgan fingerprint density at radius 1 is 1.38 bits per heavy atom. The number of imidazole rings is 1. The van der Waals surface area contributed by atoms with Crippen LogP contribution in [-0.2, 0) is 6.54 Å². The molecular formula is C15H21N5O. The van der Waals surface area contributed by atoms with Crippen LogP contribution in [0.5, 0.6) is 0 Å². The number of hydrogen-bond donors (Lipinski definition) is 3. The Hall–Kier alpha value is -2.50. The molecule has 0 saturated carbocycles. The average molecular weight is 287 g/mol. The molecule has 0 unspecified atom stereocenters. The van der Waals surface area contributed by atoms with Gasteiger partial charge in [0.1, 0.15) is 0 Å². The van der Waals surface area contributed by atoms with Gasteiger partial charge in [-0.1, -0.05) is 0 Å². The van der Waals surface area contributed by atoms with Crippen molar-refractivity contribution in [2.75, 3.05) is 24.6 Å². The third-order valence-electron chi connectivity index (χ3n) is 3.23. The highest BCUT2D eigenvalue weighted by Crippen LogP contribution is 2.19. The molecule has 6 heteroatoms. The summed E-state index contributed by atoms with van der Waals surface area (Å²) in [6.45, 7) is 1.74. The van der Waals surface area contributed by atoms with Crippen molar-refractivity contribution < 1.29 is 4.79 Å². The van der Waals surface area contributed by atoms with E-state index in [1.54, 1.807) is 31.4 Å². The normalized spacial score (nSPS) is 10.3. The number of rotatable bonds is 7. The zero-order valence-corrected chi connectivity index (χ0v) is 12.2. The molecule has 0 spiro atoms. The van der Waals surface area contributed by atoms with Gasteiger partial charge in [-0.2, -0.15) is 0 Å². The van der Waals surface area contributed by atoms with E-state index < -0.39 is 0 Å². The number of nitrogens with two attached hydrogens (primary N) is 1. The number of nitrogens with zero attached hydrogens (tertiary/aromatic N) is 2. The molecule has 1 aromatic carbocycles. The maximum atomic E-state index is 11.8. The number of aromatic nitrogens is 2. The van der Waals surface area contributed by atoms with E-state index in [4.69, 9.17) is 5.73 Å². The summed E-state index contributed by atoms with van der Waals surface area (Å²) in [7, 11) is 1.62. The van der Waals surface area contributed by atoms with Crippen LogP contribution in [0.25, 0.3) is 0 Å². The Balaban J connectivity index is 1.84. The van der Waals surface area contributed by atoms with Crippen LogP contribution in [-0.4, -0.2) is 29.1 Å². The van der Waals surface area contributed by atoms with Gasteiger partial charge >= 0.3 is 0 Å².